The monoisotopic (exact) mass is 422 g/mol. The number of hydrogen-bond donors (Lipinski definition) is 0. The molecule has 4 heterocycles. The molecule has 2 aromatic rings. The van der Waals surface area contributed by atoms with Gasteiger partial charge in [0.05, 0.1) is 47.0 Å². The molecule has 2 aliphatic rings. The second-order valence-electron chi connectivity index (χ2n) is 7.44. The number of aromatic nitrogens is 2. The number of pyridine rings is 2. The number of anilines is 1. The van der Waals surface area contributed by atoms with Gasteiger partial charge in [-0.25, -0.2) is 0 Å². The summed E-state index contributed by atoms with van der Waals surface area (Å²) < 4.78 is 29.3. The van der Waals surface area contributed by atoms with Crippen LogP contribution in [-0.4, -0.2) is 40.5 Å². The predicted molar refractivity (Wildman–Crippen MR) is 104 cm³/mol. The number of nitrogens with zero attached hydrogens (tertiary/aromatic N) is 4. The molecule has 1 unspecified atom stereocenters. The number of fused-ring (bicyclic) bond motifs is 1. The molecule has 1 fully saturated rings. The summed E-state index contributed by atoms with van der Waals surface area (Å²) in [5.41, 5.74) is 4.38. The van der Waals surface area contributed by atoms with E-state index >= 15 is 0 Å². The molecular formula is C20H21ClF2N4O2. The first kappa shape index (κ1) is 19.8. The number of halogens is 3. The van der Waals surface area contributed by atoms with Crippen molar-refractivity contribution in [1.29, 1.82) is 0 Å². The van der Waals surface area contributed by atoms with Crippen molar-refractivity contribution in [2.75, 3.05) is 18.0 Å². The number of aryl methyl sites for hydroxylation is 1. The Balaban J connectivity index is 1.44. The molecule has 0 N–H and O–H groups in total. The molecule has 0 bridgehead atoms. The van der Waals surface area contributed by atoms with Crippen molar-refractivity contribution in [2.24, 2.45) is 5.92 Å². The van der Waals surface area contributed by atoms with Gasteiger partial charge in [0.25, 0.3) is 0 Å². The second-order valence-corrected chi connectivity index (χ2v) is 7.82. The summed E-state index contributed by atoms with van der Waals surface area (Å²) in [7, 11) is 0. The van der Waals surface area contributed by atoms with Crippen molar-refractivity contribution in [3.05, 3.63) is 46.0 Å². The quantitative estimate of drug-likeness (QED) is 0.751. The Morgan fingerprint density at radius 2 is 2.10 bits per heavy atom. The van der Waals surface area contributed by atoms with Crippen molar-refractivity contribution < 1.29 is 18.3 Å². The molecule has 2 aromatic heterocycles. The molecule has 0 saturated carbocycles. The number of amides is 1. The van der Waals surface area contributed by atoms with Gasteiger partial charge in [0.2, 0.25) is 5.91 Å². The lowest BCUT2D eigenvalue weighted by atomic mass is 10.1. The summed E-state index contributed by atoms with van der Waals surface area (Å²) in [5.74, 6) is -0.0800. The van der Waals surface area contributed by atoms with E-state index in [1.807, 2.05) is 23.6 Å². The van der Waals surface area contributed by atoms with E-state index < -0.39 is 6.61 Å². The minimum atomic E-state index is -2.90. The van der Waals surface area contributed by atoms with E-state index in [-0.39, 0.29) is 17.6 Å². The molecular weight excluding hydrogens is 402 g/mol. The lowest BCUT2D eigenvalue weighted by molar-refractivity contribution is -0.135. The van der Waals surface area contributed by atoms with E-state index in [1.165, 1.54) is 12.3 Å². The summed E-state index contributed by atoms with van der Waals surface area (Å²) in [6.45, 7) is 3.10. The van der Waals surface area contributed by atoms with Crippen LogP contribution in [0, 0.1) is 19.8 Å². The summed E-state index contributed by atoms with van der Waals surface area (Å²) >= 11 is 6.31. The van der Waals surface area contributed by atoms with Gasteiger partial charge in [-0.3, -0.25) is 14.8 Å². The molecule has 154 valence electrons. The van der Waals surface area contributed by atoms with Crippen LogP contribution in [0.3, 0.4) is 0 Å². The second kappa shape index (κ2) is 7.74. The fourth-order valence-corrected chi connectivity index (χ4v) is 4.22. The molecule has 1 atom stereocenters. The average molecular weight is 423 g/mol. The van der Waals surface area contributed by atoms with E-state index in [4.69, 9.17) is 11.6 Å². The van der Waals surface area contributed by atoms with Crippen molar-refractivity contribution in [2.45, 2.75) is 40.0 Å². The number of carbonyl (C=O) groups excluding carboxylic acids is 1. The minimum absolute atomic E-state index is 0.0102. The topological polar surface area (TPSA) is 58.6 Å². The van der Waals surface area contributed by atoms with E-state index in [0.717, 1.165) is 22.5 Å². The Hall–Kier alpha value is -2.48. The largest absolute Gasteiger partial charge is 0.433 e. The van der Waals surface area contributed by atoms with Gasteiger partial charge in [-0.15, -0.1) is 0 Å². The predicted octanol–water partition coefficient (Wildman–Crippen LogP) is 3.72. The number of rotatable bonds is 4. The summed E-state index contributed by atoms with van der Waals surface area (Å²) in [5, 5.41) is 0.656. The molecule has 9 heteroatoms. The highest BCUT2D eigenvalue weighted by Gasteiger charge is 2.35. The Bertz CT molecular complexity index is 956. The Kier molecular flexibility index (Phi) is 5.29. The third-order valence-electron chi connectivity index (χ3n) is 5.58. The van der Waals surface area contributed by atoms with Crippen LogP contribution in [0.15, 0.2) is 18.5 Å². The van der Waals surface area contributed by atoms with Crippen LogP contribution in [0.5, 0.6) is 5.75 Å². The van der Waals surface area contributed by atoms with Crippen molar-refractivity contribution in [3.8, 4) is 5.75 Å². The van der Waals surface area contributed by atoms with Crippen LogP contribution >= 0.6 is 11.6 Å². The lowest BCUT2D eigenvalue weighted by Gasteiger charge is -2.21. The third-order valence-corrected chi connectivity index (χ3v) is 6.14. The Morgan fingerprint density at radius 3 is 2.86 bits per heavy atom. The molecule has 1 saturated heterocycles. The average Bonchev–Trinajstić information content (AvgIpc) is 3.33. The smallest absolute Gasteiger partial charge is 0.387 e. The SMILES string of the molecule is Cc1nc2c(c(C)c1Cl)CN(C(=O)C1CCN(c3cncc(OC(F)F)c3)C1)C2. The van der Waals surface area contributed by atoms with Crippen LogP contribution in [0.25, 0.3) is 0 Å². The number of hydrogen-bond acceptors (Lipinski definition) is 5. The minimum Gasteiger partial charge on any atom is -0.433 e. The highest BCUT2D eigenvalue weighted by molar-refractivity contribution is 6.32. The van der Waals surface area contributed by atoms with Gasteiger partial charge in [0.15, 0.2) is 0 Å². The van der Waals surface area contributed by atoms with Crippen LogP contribution in [-0.2, 0) is 17.9 Å². The number of alkyl halides is 2. The number of carbonyl (C=O) groups is 1. The highest BCUT2D eigenvalue weighted by Crippen LogP contribution is 2.33. The maximum Gasteiger partial charge on any atom is 0.387 e. The van der Waals surface area contributed by atoms with E-state index in [9.17, 15) is 13.6 Å². The van der Waals surface area contributed by atoms with Crippen LogP contribution in [0.4, 0.5) is 14.5 Å². The van der Waals surface area contributed by atoms with Gasteiger partial charge in [-0.05, 0) is 31.4 Å². The first-order valence-corrected chi connectivity index (χ1v) is 9.79. The number of ether oxygens (including phenoxy) is 1. The molecule has 0 aliphatic carbocycles. The van der Waals surface area contributed by atoms with Gasteiger partial charge in [0, 0.05) is 25.7 Å². The molecule has 0 radical (unpaired) electrons. The van der Waals surface area contributed by atoms with Crippen molar-refractivity contribution in [1.82, 2.24) is 14.9 Å². The molecule has 0 spiro atoms. The van der Waals surface area contributed by atoms with Crippen LogP contribution < -0.4 is 9.64 Å². The first-order valence-electron chi connectivity index (χ1n) is 9.41. The first-order chi connectivity index (χ1) is 13.8. The standard InChI is InChI=1S/C20H21ClF2N4O2/c1-11-16-9-27(10-17(16)25-12(2)18(11)21)19(28)13-3-4-26(8-13)14-5-15(7-24-6-14)29-20(22)23/h5-7,13,20H,3-4,8-10H2,1-2H3. The normalized spacial score (nSPS) is 18.5. The molecule has 2 aliphatic heterocycles. The fraction of sp³-hybridized carbons (Fsp3) is 0.450. The highest BCUT2D eigenvalue weighted by atomic mass is 35.5. The Morgan fingerprint density at radius 1 is 1.31 bits per heavy atom. The van der Waals surface area contributed by atoms with E-state index in [0.29, 0.717) is 43.3 Å². The zero-order valence-corrected chi connectivity index (χ0v) is 16.9. The molecule has 4 rings (SSSR count). The van der Waals surface area contributed by atoms with Gasteiger partial charge >= 0.3 is 6.61 Å². The van der Waals surface area contributed by atoms with Crippen molar-refractivity contribution >= 4 is 23.2 Å². The van der Waals surface area contributed by atoms with Crippen LogP contribution in [0.2, 0.25) is 5.02 Å². The van der Waals surface area contributed by atoms with Gasteiger partial charge in [0.1, 0.15) is 5.75 Å². The van der Waals surface area contributed by atoms with Crippen LogP contribution in [0.1, 0.15) is 28.9 Å². The van der Waals surface area contributed by atoms with Crippen molar-refractivity contribution in [3.63, 3.8) is 0 Å². The van der Waals surface area contributed by atoms with E-state index in [1.54, 1.807) is 6.20 Å². The zero-order valence-electron chi connectivity index (χ0n) is 16.2. The van der Waals surface area contributed by atoms with Gasteiger partial charge in [-0.1, -0.05) is 11.6 Å². The molecule has 1 amide bonds. The van der Waals surface area contributed by atoms with Gasteiger partial charge in [-0.2, -0.15) is 8.78 Å². The maximum absolute atomic E-state index is 13.1. The van der Waals surface area contributed by atoms with E-state index in [2.05, 4.69) is 14.7 Å². The maximum atomic E-state index is 13.1. The summed E-state index contributed by atoms with van der Waals surface area (Å²) in [6.07, 6.45) is 3.53. The fourth-order valence-electron chi connectivity index (χ4n) is 4.07. The molecule has 6 nitrogen and oxygen atoms in total. The summed E-state index contributed by atoms with van der Waals surface area (Å²) in [4.78, 5) is 25.4. The lowest BCUT2D eigenvalue weighted by Crippen LogP contribution is -2.34. The molecule has 0 aromatic carbocycles. The molecule has 29 heavy (non-hydrogen) atoms. The summed E-state index contributed by atoms with van der Waals surface area (Å²) in [6, 6.07) is 1.52. The third kappa shape index (κ3) is 3.85. The van der Waals surface area contributed by atoms with Gasteiger partial charge < -0.3 is 14.5 Å². The Labute approximate surface area is 172 Å². The zero-order chi connectivity index (χ0) is 20.7.